The molecule has 1 aliphatic rings. The molecule has 0 bridgehead atoms. The second-order valence-corrected chi connectivity index (χ2v) is 8.58. The van der Waals surface area contributed by atoms with Crippen LogP contribution in [0.2, 0.25) is 0 Å². The molecule has 0 unspecified atom stereocenters. The van der Waals surface area contributed by atoms with Crippen LogP contribution in [0.5, 0.6) is 0 Å². The van der Waals surface area contributed by atoms with Gasteiger partial charge in [0.05, 0.1) is 22.4 Å². The standard InChI is InChI=1S/C19H20N4O5S/c1-3-29(27,28)21-16-8-4-6-14(10-16)18-12-19(22(20-18)13(2)24)15-7-5-9-17(11-15)23(25)26/h4-11,19,21H,3,12H2,1-2H3/t19-/m0/s1. The molecule has 0 radical (unpaired) electrons. The Balaban J connectivity index is 1.92. The number of non-ortho nitro benzene ring substituents is 1. The van der Waals surface area contributed by atoms with Gasteiger partial charge in [0.25, 0.3) is 5.69 Å². The number of carbonyl (C=O) groups excluding carboxylic acids is 1. The van der Waals surface area contributed by atoms with Gasteiger partial charge in [-0.3, -0.25) is 19.6 Å². The summed E-state index contributed by atoms with van der Waals surface area (Å²) in [6, 6.07) is 12.4. The van der Waals surface area contributed by atoms with E-state index in [0.717, 1.165) is 0 Å². The maximum absolute atomic E-state index is 12.1. The number of rotatable bonds is 6. The molecular weight excluding hydrogens is 396 g/mol. The number of anilines is 1. The number of nitro groups is 1. The van der Waals surface area contributed by atoms with Crippen LogP contribution in [0.15, 0.2) is 53.6 Å². The van der Waals surface area contributed by atoms with E-state index < -0.39 is 21.0 Å². The molecule has 1 N–H and O–H groups in total. The van der Waals surface area contributed by atoms with E-state index in [1.165, 1.54) is 24.1 Å². The fourth-order valence-corrected chi connectivity index (χ4v) is 3.72. The SMILES string of the molecule is CCS(=O)(=O)Nc1cccc(C2=NN(C(C)=O)[C@H](c3cccc([N+](=O)[O-])c3)C2)c1. The first-order chi connectivity index (χ1) is 13.7. The van der Waals surface area contributed by atoms with Crippen molar-refractivity contribution in [2.24, 2.45) is 5.10 Å². The zero-order valence-electron chi connectivity index (χ0n) is 15.9. The van der Waals surface area contributed by atoms with E-state index in [1.807, 2.05) is 0 Å². The molecule has 0 saturated carbocycles. The van der Waals surface area contributed by atoms with E-state index in [4.69, 9.17) is 0 Å². The van der Waals surface area contributed by atoms with Gasteiger partial charge in [0.1, 0.15) is 0 Å². The molecule has 0 aromatic heterocycles. The Morgan fingerprint density at radius 1 is 1.28 bits per heavy atom. The second kappa shape index (κ2) is 8.00. The molecule has 1 aliphatic heterocycles. The summed E-state index contributed by atoms with van der Waals surface area (Å²) in [5.41, 5.74) is 2.21. The van der Waals surface area contributed by atoms with Gasteiger partial charge < -0.3 is 0 Å². The Bertz CT molecular complexity index is 1100. The van der Waals surface area contributed by atoms with Crippen LogP contribution in [0, 0.1) is 10.1 Å². The van der Waals surface area contributed by atoms with E-state index in [2.05, 4.69) is 9.82 Å². The van der Waals surface area contributed by atoms with Gasteiger partial charge >= 0.3 is 0 Å². The van der Waals surface area contributed by atoms with E-state index in [-0.39, 0.29) is 17.3 Å². The topological polar surface area (TPSA) is 122 Å². The Morgan fingerprint density at radius 2 is 2.00 bits per heavy atom. The molecule has 2 aromatic carbocycles. The lowest BCUT2D eigenvalue weighted by atomic mass is 9.98. The van der Waals surface area contributed by atoms with Crippen molar-refractivity contribution in [1.29, 1.82) is 0 Å². The molecule has 0 spiro atoms. The van der Waals surface area contributed by atoms with Crippen LogP contribution < -0.4 is 4.72 Å². The van der Waals surface area contributed by atoms with Crippen LogP contribution >= 0.6 is 0 Å². The highest BCUT2D eigenvalue weighted by Gasteiger charge is 2.32. The number of amides is 1. The van der Waals surface area contributed by atoms with E-state index >= 15 is 0 Å². The highest BCUT2D eigenvalue weighted by Crippen LogP contribution is 2.34. The molecule has 0 fully saturated rings. The number of nitrogens with zero attached hydrogens (tertiary/aromatic N) is 3. The van der Waals surface area contributed by atoms with Crippen molar-refractivity contribution in [2.45, 2.75) is 26.3 Å². The lowest BCUT2D eigenvalue weighted by Crippen LogP contribution is -2.24. The molecule has 0 saturated heterocycles. The smallest absolute Gasteiger partial charge is 0.269 e. The second-order valence-electron chi connectivity index (χ2n) is 6.57. The highest BCUT2D eigenvalue weighted by atomic mass is 32.2. The number of hydrogen-bond donors (Lipinski definition) is 1. The monoisotopic (exact) mass is 416 g/mol. The van der Waals surface area contributed by atoms with Crippen molar-refractivity contribution in [1.82, 2.24) is 5.01 Å². The minimum Gasteiger partial charge on any atom is -0.284 e. The summed E-state index contributed by atoms with van der Waals surface area (Å²) in [5, 5.41) is 16.8. The fourth-order valence-electron chi connectivity index (χ4n) is 3.09. The molecular formula is C19H20N4O5S. The maximum atomic E-state index is 12.1. The molecule has 0 aliphatic carbocycles. The molecule has 1 amide bonds. The number of hydrogen-bond acceptors (Lipinski definition) is 6. The highest BCUT2D eigenvalue weighted by molar-refractivity contribution is 7.92. The van der Waals surface area contributed by atoms with Gasteiger partial charge in [-0.1, -0.05) is 24.3 Å². The van der Waals surface area contributed by atoms with Crippen LogP contribution in [0.1, 0.15) is 37.4 Å². The summed E-state index contributed by atoms with van der Waals surface area (Å²) in [7, 11) is -3.42. The molecule has 1 atom stereocenters. The first-order valence-electron chi connectivity index (χ1n) is 8.92. The van der Waals surface area contributed by atoms with Gasteiger partial charge in [-0.05, 0) is 30.2 Å². The van der Waals surface area contributed by atoms with Crippen LogP contribution in [0.3, 0.4) is 0 Å². The van der Waals surface area contributed by atoms with E-state index in [0.29, 0.717) is 28.9 Å². The van der Waals surface area contributed by atoms with Crippen LogP contribution in [0.25, 0.3) is 0 Å². The molecule has 2 aromatic rings. The summed E-state index contributed by atoms with van der Waals surface area (Å²) in [4.78, 5) is 22.7. The zero-order chi connectivity index (χ0) is 21.2. The molecule has 10 heteroatoms. The van der Waals surface area contributed by atoms with Gasteiger partial charge in [-0.25, -0.2) is 13.4 Å². The minimum atomic E-state index is -3.42. The Kier molecular flexibility index (Phi) is 5.64. The normalized spacial score (nSPS) is 16.4. The van der Waals surface area contributed by atoms with Gasteiger partial charge in [0, 0.05) is 31.2 Å². The van der Waals surface area contributed by atoms with Crippen LogP contribution in [-0.4, -0.2) is 35.7 Å². The van der Waals surface area contributed by atoms with E-state index in [9.17, 15) is 23.3 Å². The average molecular weight is 416 g/mol. The number of carbonyl (C=O) groups is 1. The number of benzene rings is 2. The van der Waals surface area contributed by atoms with Crippen molar-refractivity contribution in [3.05, 3.63) is 69.8 Å². The summed E-state index contributed by atoms with van der Waals surface area (Å²) in [6.07, 6.45) is 0.352. The molecule has 152 valence electrons. The minimum absolute atomic E-state index is 0.0504. The van der Waals surface area contributed by atoms with Crippen molar-refractivity contribution in [3.8, 4) is 0 Å². The van der Waals surface area contributed by atoms with Crippen molar-refractivity contribution < 1.29 is 18.1 Å². The number of sulfonamides is 1. The quantitative estimate of drug-likeness (QED) is 0.573. The van der Waals surface area contributed by atoms with Crippen molar-refractivity contribution >= 4 is 33.0 Å². The third kappa shape index (κ3) is 4.60. The van der Waals surface area contributed by atoms with Crippen molar-refractivity contribution in [3.63, 3.8) is 0 Å². The summed E-state index contributed by atoms with van der Waals surface area (Å²) >= 11 is 0. The van der Waals surface area contributed by atoms with E-state index in [1.54, 1.807) is 43.3 Å². The largest absolute Gasteiger partial charge is 0.284 e. The van der Waals surface area contributed by atoms with Crippen LogP contribution in [-0.2, 0) is 14.8 Å². The third-order valence-corrected chi connectivity index (χ3v) is 5.85. The fraction of sp³-hybridized carbons (Fsp3) is 0.263. The van der Waals surface area contributed by atoms with Gasteiger partial charge in [0.15, 0.2) is 0 Å². The predicted molar refractivity (Wildman–Crippen MR) is 109 cm³/mol. The summed E-state index contributed by atoms with van der Waals surface area (Å²) in [5.74, 6) is -0.343. The summed E-state index contributed by atoms with van der Waals surface area (Å²) < 4.78 is 26.1. The molecule has 9 nitrogen and oxygen atoms in total. The first kappa shape index (κ1) is 20.5. The van der Waals surface area contributed by atoms with Gasteiger partial charge in [0.2, 0.25) is 15.9 Å². The van der Waals surface area contributed by atoms with Crippen molar-refractivity contribution in [2.75, 3.05) is 10.5 Å². The zero-order valence-corrected chi connectivity index (χ0v) is 16.7. The van der Waals surface area contributed by atoms with Gasteiger partial charge in [-0.2, -0.15) is 5.10 Å². The Morgan fingerprint density at radius 3 is 2.66 bits per heavy atom. The Hall–Kier alpha value is -3.27. The Labute approximate surface area is 168 Å². The van der Waals surface area contributed by atoms with Gasteiger partial charge in [-0.15, -0.1) is 0 Å². The summed E-state index contributed by atoms with van der Waals surface area (Å²) in [6.45, 7) is 2.92. The number of nitro benzene ring substituents is 1. The van der Waals surface area contributed by atoms with Crippen LogP contribution in [0.4, 0.5) is 11.4 Å². The number of nitrogens with one attached hydrogen (secondary N) is 1. The molecule has 1 heterocycles. The number of hydrazone groups is 1. The molecule has 3 rings (SSSR count). The lowest BCUT2D eigenvalue weighted by molar-refractivity contribution is -0.384. The predicted octanol–water partition coefficient (Wildman–Crippen LogP) is 3.05. The lowest BCUT2D eigenvalue weighted by Gasteiger charge is -2.20. The first-order valence-corrected chi connectivity index (χ1v) is 10.6. The third-order valence-electron chi connectivity index (χ3n) is 4.55. The maximum Gasteiger partial charge on any atom is 0.269 e. The average Bonchev–Trinajstić information content (AvgIpc) is 3.14. The molecule has 29 heavy (non-hydrogen) atoms.